The lowest BCUT2D eigenvalue weighted by Gasteiger charge is -2.25. The highest BCUT2D eigenvalue weighted by atomic mass is 32.2. The molecular weight excluding hydrogens is 528 g/mol. The van der Waals surface area contributed by atoms with Gasteiger partial charge in [-0.25, -0.2) is 23.0 Å². The molecule has 0 spiro atoms. The SMILES string of the molecule is COc1ncnc(OC)c1-n1c(NS(=O)(=O)C(C)C(OC(C)C)c2ncc(C)cn2)nnc1-c1ccc(C)o1. The van der Waals surface area contributed by atoms with Gasteiger partial charge in [0.25, 0.3) is 0 Å². The van der Waals surface area contributed by atoms with E-state index in [0.717, 1.165) is 5.56 Å². The Balaban J connectivity index is 1.83. The van der Waals surface area contributed by atoms with Crippen LogP contribution in [-0.2, 0) is 14.8 Å². The number of hydrogen-bond acceptors (Lipinski definition) is 12. The van der Waals surface area contributed by atoms with Crippen molar-refractivity contribution in [2.45, 2.75) is 52.1 Å². The van der Waals surface area contributed by atoms with Crippen LogP contribution in [0.2, 0.25) is 0 Å². The van der Waals surface area contributed by atoms with Gasteiger partial charge in [0.05, 0.1) is 20.3 Å². The van der Waals surface area contributed by atoms with E-state index >= 15 is 0 Å². The highest BCUT2D eigenvalue weighted by Crippen LogP contribution is 2.36. The van der Waals surface area contributed by atoms with Crippen LogP contribution in [0.3, 0.4) is 0 Å². The summed E-state index contributed by atoms with van der Waals surface area (Å²) in [6, 6.07) is 3.42. The van der Waals surface area contributed by atoms with Gasteiger partial charge in [-0.1, -0.05) is 0 Å². The number of ether oxygens (including phenoxy) is 3. The number of nitrogens with one attached hydrogen (secondary N) is 1. The highest BCUT2D eigenvalue weighted by Gasteiger charge is 2.36. The molecule has 0 fully saturated rings. The fourth-order valence-corrected chi connectivity index (χ4v) is 4.80. The molecule has 0 aliphatic carbocycles. The predicted molar refractivity (Wildman–Crippen MR) is 140 cm³/mol. The molecule has 0 aliphatic rings. The van der Waals surface area contributed by atoms with Crippen molar-refractivity contribution in [3.8, 4) is 29.0 Å². The van der Waals surface area contributed by atoms with Crippen molar-refractivity contribution in [3.05, 3.63) is 48.0 Å². The maximum Gasteiger partial charge on any atom is 0.245 e. The monoisotopic (exact) mass is 558 g/mol. The van der Waals surface area contributed by atoms with Crippen LogP contribution in [0.4, 0.5) is 5.95 Å². The van der Waals surface area contributed by atoms with E-state index in [0.29, 0.717) is 11.5 Å². The van der Waals surface area contributed by atoms with Crippen LogP contribution in [0.5, 0.6) is 11.8 Å². The largest absolute Gasteiger partial charge is 0.479 e. The summed E-state index contributed by atoms with van der Waals surface area (Å²) >= 11 is 0. The zero-order chi connectivity index (χ0) is 28.3. The summed E-state index contributed by atoms with van der Waals surface area (Å²) in [5.74, 6) is 1.34. The summed E-state index contributed by atoms with van der Waals surface area (Å²) < 4.78 is 54.0. The molecule has 2 atom stereocenters. The Labute approximate surface area is 225 Å². The lowest BCUT2D eigenvalue weighted by Crippen LogP contribution is -2.35. The quantitative estimate of drug-likeness (QED) is 0.286. The number of furan rings is 1. The maximum atomic E-state index is 13.8. The number of aryl methyl sites for hydroxylation is 2. The van der Waals surface area contributed by atoms with Crippen LogP contribution in [0.1, 0.15) is 44.0 Å². The first-order valence-electron chi connectivity index (χ1n) is 12.0. The summed E-state index contributed by atoms with van der Waals surface area (Å²) in [6.45, 7) is 8.71. The normalized spacial score (nSPS) is 13.3. The summed E-state index contributed by atoms with van der Waals surface area (Å²) in [6.07, 6.45) is 3.19. The van der Waals surface area contributed by atoms with Crippen LogP contribution >= 0.6 is 0 Å². The number of methoxy groups -OCH3 is 2. The smallest absolute Gasteiger partial charge is 0.245 e. The molecule has 4 aromatic heterocycles. The third-order valence-electron chi connectivity index (χ3n) is 5.61. The molecule has 4 aromatic rings. The Kier molecular flexibility index (Phi) is 8.11. The number of sulfonamides is 1. The van der Waals surface area contributed by atoms with Crippen LogP contribution in [0.25, 0.3) is 17.3 Å². The predicted octanol–water partition coefficient (Wildman–Crippen LogP) is 3.04. The van der Waals surface area contributed by atoms with Crippen molar-refractivity contribution in [3.63, 3.8) is 0 Å². The van der Waals surface area contributed by atoms with E-state index in [4.69, 9.17) is 18.6 Å². The first-order valence-corrected chi connectivity index (χ1v) is 13.5. The molecule has 1 N–H and O–H groups in total. The van der Waals surface area contributed by atoms with E-state index in [9.17, 15) is 8.42 Å². The van der Waals surface area contributed by atoms with Crippen molar-refractivity contribution >= 4 is 16.0 Å². The summed E-state index contributed by atoms with van der Waals surface area (Å²) in [5, 5.41) is 7.19. The molecule has 15 heteroatoms. The Morgan fingerprint density at radius 2 is 1.59 bits per heavy atom. The second kappa shape index (κ2) is 11.3. The molecule has 0 radical (unpaired) electrons. The van der Waals surface area contributed by atoms with Gasteiger partial charge in [-0.3, -0.25) is 4.72 Å². The lowest BCUT2D eigenvalue weighted by molar-refractivity contribution is 0.00152. The molecule has 0 saturated heterocycles. The summed E-state index contributed by atoms with van der Waals surface area (Å²) in [5.41, 5.74) is 0.996. The molecule has 0 bridgehead atoms. The zero-order valence-electron chi connectivity index (χ0n) is 22.6. The molecule has 0 saturated carbocycles. The lowest BCUT2D eigenvalue weighted by atomic mass is 10.2. The van der Waals surface area contributed by atoms with E-state index in [-0.39, 0.29) is 41.1 Å². The standard InChI is InChI=1S/C24H30N8O6S/c1-13(2)37-19(20-25-10-14(3)11-26-20)16(5)39(33,34)31-24-30-29-21(17-9-8-15(4)38-17)32(24)18-22(35-6)27-12-28-23(18)36-7/h8-13,16,19H,1-7H3,(H,30,31). The van der Waals surface area contributed by atoms with Crippen LogP contribution in [-0.4, -0.2) is 68.7 Å². The van der Waals surface area contributed by atoms with E-state index < -0.39 is 21.4 Å². The third kappa shape index (κ3) is 5.83. The van der Waals surface area contributed by atoms with Crippen molar-refractivity contribution in [2.75, 3.05) is 18.9 Å². The fraction of sp³-hybridized carbons (Fsp3) is 0.417. The van der Waals surface area contributed by atoms with Gasteiger partial charge in [-0.05, 0) is 52.3 Å². The average Bonchev–Trinajstić information content (AvgIpc) is 3.52. The van der Waals surface area contributed by atoms with Crippen LogP contribution in [0.15, 0.2) is 35.3 Å². The Hall–Kier alpha value is -4.11. The second-order valence-electron chi connectivity index (χ2n) is 8.91. The topological polar surface area (TPSA) is 169 Å². The van der Waals surface area contributed by atoms with Gasteiger partial charge in [-0.15, -0.1) is 10.2 Å². The van der Waals surface area contributed by atoms with Gasteiger partial charge < -0.3 is 18.6 Å². The van der Waals surface area contributed by atoms with Crippen LogP contribution in [0, 0.1) is 13.8 Å². The molecule has 0 aliphatic heterocycles. The van der Waals surface area contributed by atoms with E-state index in [1.165, 1.54) is 32.0 Å². The van der Waals surface area contributed by atoms with Crippen molar-refractivity contribution < 1.29 is 27.0 Å². The van der Waals surface area contributed by atoms with E-state index in [1.54, 1.807) is 45.3 Å². The summed E-state index contributed by atoms with van der Waals surface area (Å²) in [4.78, 5) is 16.9. The molecule has 0 amide bonds. The van der Waals surface area contributed by atoms with Crippen molar-refractivity contribution in [1.29, 1.82) is 0 Å². The number of aromatic nitrogens is 7. The summed E-state index contributed by atoms with van der Waals surface area (Å²) in [7, 11) is -1.36. The molecule has 39 heavy (non-hydrogen) atoms. The van der Waals surface area contributed by atoms with Gasteiger partial charge in [0.2, 0.25) is 33.6 Å². The van der Waals surface area contributed by atoms with Gasteiger partial charge in [0.15, 0.2) is 17.3 Å². The van der Waals surface area contributed by atoms with Gasteiger partial charge in [-0.2, -0.15) is 9.97 Å². The molecule has 208 valence electrons. The third-order valence-corrected chi connectivity index (χ3v) is 7.31. The average molecular weight is 559 g/mol. The molecular formula is C24H30N8O6S. The molecule has 2 unspecified atom stereocenters. The molecule has 4 rings (SSSR count). The van der Waals surface area contributed by atoms with Gasteiger partial charge >= 0.3 is 0 Å². The maximum absolute atomic E-state index is 13.8. The zero-order valence-corrected chi connectivity index (χ0v) is 23.4. The number of rotatable bonds is 11. The molecule has 0 aromatic carbocycles. The Morgan fingerprint density at radius 1 is 0.949 bits per heavy atom. The first-order chi connectivity index (χ1) is 18.6. The van der Waals surface area contributed by atoms with Crippen LogP contribution < -0.4 is 14.2 Å². The van der Waals surface area contributed by atoms with Gasteiger partial charge in [0.1, 0.15) is 23.4 Å². The minimum atomic E-state index is -4.18. The minimum absolute atomic E-state index is 0.0914. The number of nitrogens with zero attached hydrogens (tertiary/aromatic N) is 7. The van der Waals surface area contributed by atoms with Crippen molar-refractivity contribution in [1.82, 2.24) is 34.7 Å². The number of anilines is 1. The van der Waals surface area contributed by atoms with Crippen molar-refractivity contribution in [2.24, 2.45) is 0 Å². The Morgan fingerprint density at radius 3 is 2.13 bits per heavy atom. The highest BCUT2D eigenvalue weighted by molar-refractivity contribution is 7.93. The fourth-order valence-electron chi connectivity index (χ4n) is 3.72. The minimum Gasteiger partial charge on any atom is -0.479 e. The van der Waals surface area contributed by atoms with E-state index in [1.807, 2.05) is 6.92 Å². The number of hydrogen-bond donors (Lipinski definition) is 1. The molecule has 4 heterocycles. The second-order valence-corrected chi connectivity index (χ2v) is 10.9. The first kappa shape index (κ1) is 27.9. The Bertz CT molecular complexity index is 1510. The van der Waals surface area contributed by atoms with Gasteiger partial charge in [0, 0.05) is 12.4 Å². The van der Waals surface area contributed by atoms with E-state index in [2.05, 4.69) is 34.9 Å². The molecule has 14 nitrogen and oxygen atoms in total.